The van der Waals surface area contributed by atoms with Gasteiger partial charge in [-0.05, 0) is 31.2 Å². The van der Waals surface area contributed by atoms with Gasteiger partial charge in [-0.2, -0.15) is 5.10 Å². The van der Waals surface area contributed by atoms with Crippen LogP contribution >= 0.6 is 11.6 Å². The van der Waals surface area contributed by atoms with E-state index in [1.54, 1.807) is 17.8 Å². The lowest BCUT2D eigenvalue weighted by molar-refractivity contribution is -0.115. The maximum atomic E-state index is 11.4. The highest BCUT2D eigenvalue weighted by atomic mass is 35.5. The van der Waals surface area contributed by atoms with Crippen molar-refractivity contribution in [1.82, 2.24) is 9.78 Å². The average molecular weight is 250 g/mol. The molecule has 0 spiro atoms. The van der Waals surface area contributed by atoms with Crippen molar-refractivity contribution in [1.29, 1.82) is 0 Å². The van der Waals surface area contributed by atoms with Crippen LogP contribution in [0.25, 0.3) is 5.69 Å². The first-order chi connectivity index (χ1) is 8.16. The van der Waals surface area contributed by atoms with E-state index in [4.69, 9.17) is 11.6 Å². The molecule has 0 saturated carbocycles. The number of hydrogen-bond donors (Lipinski definition) is 1. The molecular weight excluding hydrogens is 238 g/mol. The van der Waals surface area contributed by atoms with Gasteiger partial charge in [0.25, 0.3) is 0 Å². The molecule has 88 valence electrons. The van der Waals surface area contributed by atoms with Crippen molar-refractivity contribution in [2.75, 3.05) is 5.32 Å². The van der Waals surface area contributed by atoms with Crippen molar-refractivity contribution in [3.63, 3.8) is 0 Å². The minimum atomic E-state index is -0.552. The average Bonchev–Trinajstić information content (AvgIpc) is 2.82. The number of halogens is 1. The van der Waals surface area contributed by atoms with Crippen molar-refractivity contribution in [2.24, 2.45) is 0 Å². The van der Waals surface area contributed by atoms with Crippen LogP contribution in [0, 0.1) is 0 Å². The van der Waals surface area contributed by atoms with Gasteiger partial charge < -0.3 is 5.32 Å². The Balaban J connectivity index is 2.20. The largest absolute Gasteiger partial charge is 0.325 e. The SMILES string of the molecule is CC(Cl)C(=O)Nc1cccc(-n2cccn2)c1. The lowest BCUT2D eigenvalue weighted by atomic mass is 10.2. The number of nitrogens with one attached hydrogen (secondary N) is 1. The van der Waals surface area contributed by atoms with Crippen molar-refractivity contribution < 1.29 is 4.79 Å². The molecule has 0 radical (unpaired) electrons. The number of anilines is 1. The molecule has 4 nitrogen and oxygen atoms in total. The van der Waals surface area contributed by atoms with Crippen LogP contribution in [0.2, 0.25) is 0 Å². The summed E-state index contributed by atoms with van der Waals surface area (Å²) in [6.45, 7) is 1.63. The van der Waals surface area contributed by atoms with Gasteiger partial charge in [0, 0.05) is 18.1 Å². The van der Waals surface area contributed by atoms with Crippen LogP contribution in [0.4, 0.5) is 5.69 Å². The molecule has 1 heterocycles. The third-order valence-corrected chi connectivity index (χ3v) is 2.44. The maximum Gasteiger partial charge on any atom is 0.242 e. The van der Waals surface area contributed by atoms with E-state index in [2.05, 4.69) is 10.4 Å². The molecule has 0 fully saturated rings. The van der Waals surface area contributed by atoms with E-state index in [0.717, 1.165) is 5.69 Å². The molecule has 1 unspecified atom stereocenters. The van der Waals surface area contributed by atoms with Gasteiger partial charge in [0.15, 0.2) is 0 Å². The minimum Gasteiger partial charge on any atom is -0.325 e. The molecule has 1 atom stereocenters. The molecule has 1 amide bonds. The van der Waals surface area contributed by atoms with Crippen LogP contribution in [0.15, 0.2) is 42.7 Å². The second kappa shape index (κ2) is 5.01. The normalized spacial score (nSPS) is 12.1. The topological polar surface area (TPSA) is 46.9 Å². The van der Waals surface area contributed by atoms with Crippen LogP contribution in [0.1, 0.15) is 6.92 Å². The summed E-state index contributed by atoms with van der Waals surface area (Å²) in [5, 5.41) is 6.30. The number of benzene rings is 1. The number of carbonyl (C=O) groups is 1. The zero-order chi connectivity index (χ0) is 12.3. The Kier molecular flexibility index (Phi) is 3.44. The molecule has 0 aliphatic carbocycles. The van der Waals surface area contributed by atoms with E-state index >= 15 is 0 Å². The van der Waals surface area contributed by atoms with Crippen LogP contribution < -0.4 is 5.32 Å². The Hall–Kier alpha value is -1.81. The van der Waals surface area contributed by atoms with Crippen LogP contribution in [0.5, 0.6) is 0 Å². The van der Waals surface area contributed by atoms with E-state index in [9.17, 15) is 4.79 Å². The first kappa shape index (κ1) is 11.7. The molecule has 5 heteroatoms. The summed E-state index contributed by atoms with van der Waals surface area (Å²) < 4.78 is 1.72. The summed E-state index contributed by atoms with van der Waals surface area (Å²) in [6, 6.07) is 9.25. The third kappa shape index (κ3) is 2.85. The molecule has 1 N–H and O–H groups in total. The van der Waals surface area contributed by atoms with Gasteiger partial charge in [-0.15, -0.1) is 11.6 Å². The van der Waals surface area contributed by atoms with Gasteiger partial charge in [0.1, 0.15) is 5.38 Å². The highest BCUT2D eigenvalue weighted by Crippen LogP contribution is 2.14. The predicted octanol–water partition coefficient (Wildman–Crippen LogP) is 2.44. The van der Waals surface area contributed by atoms with Crippen LogP contribution in [-0.2, 0) is 4.79 Å². The number of alkyl halides is 1. The number of amides is 1. The fraction of sp³-hybridized carbons (Fsp3) is 0.167. The molecule has 0 bridgehead atoms. The van der Waals surface area contributed by atoms with Crippen molar-refractivity contribution in [2.45, 2.75) is 12.3 Å². The lowest BCUT2D eigenvalue weighted by Gasteiger charge is -2.08. The molecule has 0 aliphatic heterocycles. The quantitative estimate of drug-likeness (QED) is 0.850. The van der Waals surface area contributed by atoms with Crippen LogP contribution in [0.3, 0.4) is 0 Å². The van der Waals surface area contributed by atoms with Gasteiger partial charge in [-0.3, -0.25) is 4.79 Å². The standard InChI is InChI=1S/C12H12ClN3O/c1-9(13)12(17)15-10-4-2-5-11(8-10)16-7-3-6-14-16/h2-9H,1H3,(H,15,17). The zero-order valence-electron chi connectivity index (χ0n) is 9.30. The molecule has 17 heavy (non-hydrogen) atoms. The number of hydrogen-bond acceptors (Lipinski definition) is 2. The van der Waals surface area contributed by atoms with Gasteiger partial charge >= 0.3 is 0 Å². The van der Waals surface area contributed by atoms with Crippen molar-refractivity contribution >= 4 is 23.2 Å². The molecule has 2 aromatic rings. The molecular formula is C12H12ClN3O. The Morgan fingerprint density at radius 2 is 2.29 bits per heavy atom. The highest BCUT2D eigenvalue weighted by Gasteiger charge is 2.09. The number of carbonyl (C=O) groups excluding carboxylic acids is 1. The zero-order valence-corrected chi connectivity index (χ0v) is 10.1. The molecule has 1 aromatic carbocycles. The highest BCUT2D eigenvalue weighted by molar-refractivity contribution is 6.32. The molecule has 0 aliphatic rings. The summed E-state index contributed by atoms with van der Waals surface area (Å²) >= 11 is 5.69. The summed E-state index contributed by atoms with van der Waals surface area (Å²) in [4.78, 5) is 11.4. The lowest BCUT2D eigenvalue weighted by Crippen LogP contribution is -2.20. The second-order valence-electron chi connectivity index (χ2n) is 3.61. The Labute approximate surface area is 104 Å². The summed E-state index contributed by atoms with van der Waals surface area (Å²) in [7, 11) is 0. The Morgan fingerprint density at radius 1 is 1.47 bits per heavy atom. The summed E-state index contributed by atoms with van der Waals surface area (Å²) in [5.74, 6) is -0.218. The molecule has 1 aromatic heterocycles. The van der Waals surface area contributed by atoms with Gasteiger partial charge in [0.2, 0.25) is 5.91 Å². The van der Waals surface area contributed by atoms with E-state index in [1.165, 1.54) is 0 Å². The molecule has 0 saturated heterocycles. The monoisotopic (exact) mass is 249 g/mol. The number of rotatable bonds is 3. The molecule has 2 rings (SSSR count). The predicted molar refractivity (Wildman–Crippen MR) is 67.5 cm³/mol. The van der Waals surface area contributed by atoms with Crippen molar-refractivity contribution in [3.05, 3.63) is 42.7 Å². The van der Waals surface area contributed by atoms with Gasteiger partial charge in [-0.1, -0.05) is 6.07 Å². The fourth-order valence-electron chi connectivity index (χ4n) is 1.39. The summed E-state index contributed by atoms with van der Waals surface area (Å²) in [6.07, 6.45) is 3.54. The number of nitrogens with zero attached hydrogens (tertiary/aromatic N) is 2. The summed E-state index contributed by atoms with van der Waals surface area (Å²) in [5.41, 5.74) is 1.59. The van der Waals surface area contributed by atoms with E-state index in [-0.39, 0.29) is 5.91 Å². The Morgan fingerprint density at radius 3 is 2.94 bits per heavy atom. The third-order valence-electron chi connectivity index (χ3n) is 2.24. The van der Waals surface area contributed by atoms with E-state index in [1.807, 2.05) is 36.5 Å². The first-order valence-corrected chi connectivity index (χ1v) is 5.65. The smallest absolute Gasteiger partial charge is 0.242 e. The van der Waals surface area contributed by atoms with Crippen molar-refractivity contribution in [3.8, 4) is 5.69 Å². The van der Waals surface area contributed by atoms with Gasteiger partial charge in [-0.25, -0.2) is 4.68 Å². The maximum absolute atomic E-state index is 11.4. The number of aromatic nitrogens is 2. The van der Waals surface area contributed by atoms with Crippen LogP contribution in [-0.4, -0.2) is 21.1 Å². The van der Waals surface area contributed by atoms with E-state index in [0.29, 0.717) is 5.69 Å². The van der Waals surface area contributed by atoms with E-state index < -0.39 is 5.38 Å². The first-order valence-electron chi connectivity index (χ1n) is 5.22. The fourth-order valence-corrected chi connectivity index (χ4v) is 1.44. The minimum absolute atomic E-state index is 0.218. The van der Waals surface area contributed by atoms with Gasteiger partial charge in [0.05, 0.1) is 5.69 Å². The second-order valence-corrected chi connectivity index (χ2v) is 4.26. The Bertz CT molecular complexity index is 508.